The Morgan fingerprint density at radius 1 is 1.15 bits per heavy atom. The molecule has 20 heavy (non-hydrogen) atoms. The minimum atomic E-state index is -3.90. The average molecular weight is 313 g/mol. The van der Waals surface area contributed by atoms with Crippen LogP contribution in [-0.2, 0) is 14.9 Å². The molecule has 0 saturated carbocycles. The minimum Gasteiger partial charge on any atom is -0.478 e. The summed E-state index contributed by atoms with van der Waals surface area (Å²) in [5.74, 6) is -1.23. The Balaban J connectivity index is 0. The van der Waals surface area contributed by atoms with Crippen molar-refractivity contribution in [1.29, 1.82) is 0 Å². The summed E-state index contributed by atoms with van der Waals surface area (Å²) in [4.78, 5) is 11.3. The summed E-state index contributed by atoms with van der Waals surface area (Å²) in [6.07, 6.45) is 0.291. The first-order chi connectivity index (χ1) is 9.14. The van der Waals surface area contributed by atoms with Gasteiger partial charge < -0.3 is 15.3 Å². The third kappa shape index (κ3) is 17.0. The first kappa shape index (κ1) is 21.3. The second kappa shape index (κ2) is 11.8. The van der Waals surface area contributed by atoms with E-state index in [2.05, 4.69) is 6.58 Å². The average Bonchev–Trinajstić information content (AvgIpc) is 2.28. The quantitative estimate of drug-likeness (QED) is 0.321. The van der Waals surface area contributed by atoms with Crippen molar-refractivity contribution in [2.24, 2.45) is 0 Å². The highest BCUT2D eigenvalue weighted by Gasteiger charge is 2.07. The van der Waals surface area contributed by atoms with Gasteiger partial charge in [-0.1, -0.05) is 6.58 Å². The van der Waals surface area contributed by atoms with Gasteiger partial charge in [0.25, 0.3) is 10.1 Å². The number of carboxylic acids is 1. The van der Waals surface area contributed by atoms with Gasteiger partial charge in [0.1, 0.15) is 0 Å². The van der Waals surface area contributed by atoms with Crippen LogP contribution in [0, 0.1) is 0 Å². The standard InChI is InChI=1S/C7H17NO5S.C4H6O2/c9-5-3-8(4-6-10)2-1-7-14(11,12)13;1-3(2)4(5)6/h9-10H,1-7H2,(H,11,12,13);1H2,2H3,(H,5,6). The molecular formula is C11H23NO7S. The molecule has 9 heteroatoms. The lowest BCUT2D eigenvalue weighted by Crippen LogP contribution is -2.31. The van der Waals surface area contributed by atoms with E-state index in [9.17, 15) is 13.2 Å². The number of nitrogens with zero attached hydrogens (tertiary/aromatic N) is 1. The van der Waals surface area contributed by atoms with E-state index in [1.807, 2.05) is 0 Å². The van der Waals surface area contributed by atoms with Crippen molar-refractivity contribution in [3.8, 4) is 0 Å². The van der Waals surface area contributed by atoms with Gasteiger partial charge >= 0.3 is 5.97 Å². The predicted molar refractivity (Wildman–Crippen MR) is 74.1 cm³/mol. The van der Waals surface area contributed by atoms with Gasteiger partial charge in [-0.25, -0.2) is 4.79 Å². The second-order valence-electron chi connectivity index (χ2n) is 4.01. The Hall–Kier alpha value is -1.00. The maximum absolute atomic E-state index is 10.4. The second-order valence-corrected chi connectivity index (χ2v) is 5.59. The van der Waals surface area contributed by atoms with Crippen molar-refractivity contribution < 1.29 is 33.1 Å². The molecule has 0 aliphatic rings. The van der Waals surface area contributed by atoms with Crippen LogP contribution in [0.4, 0.5) is 0 Å². The van der Waals surface area contributed by atoms with Crippen molar-refractivity contribution in [2.45, 2.75) is 13.3 Å². The fraction of sp³-hybridized carbons (Fsp3) is 0.727. The molecule has 0 aliphatic heterocycles. The summed E-state index contributed by atoms with van der Waals surface area (Å²) in [6, 6.07) is 0. The fourth-order valence-electron chi connectivity index (χ4n) is 1.09. The molecule has 0 rings (SSSR count). The molecule has 0 aliphatic carbocycles. The smallest absolute Gasteiger partial charge is 0.330 e. The first-order valence-corrected chi connectivity index (χ1v) is 7.53. The lowest BCUT2D eigenvalue weighted by Gasteiger charge is -2.19. The molecule has 4 N–H and O–H groups in total. The third-order valence-corrected chi connectivity index (χ3v) is 2.88. The van der Waals surface area contributed by atoms with Crippen LogP contribution < -0.4 is 0 Å². The van der Waals surface area contributed by atoms with Crippen LogP contribution in [0.3, 0.4) is 0 Å². The third-order valence-electron chi connectivity index (χ3n) is 2.07. The van der Waals surface area contributed by atoms with Gasteiger partial charge in [0, 0.05) is 18.7 Å². The predicted octanol–water partition coefficient (Wildman–Crippen LogP) is -0.802. The molecule has 0 radical (unpaired) electrons. The number of rotatable bonds is 9. The summed E-state index contributed by atoms with van der Waals surface area (Å²) < 4.78 is 29.2. The Kier molecular flexibility index (Phi) is 12.6. The summed E-state index contributed by atoms with van der Waals surface area (Å²) in [7, 11) is -3.90. The van der Waals surface area contributed by atoms with Crippen LogP contribution >= 0.6 is 0 Å². The summed E-state index contributed by atoms with van der Waals surface area (Å²) in [5.41, 5.74) is 0.176. The lowest BCUT2D eigenvalue weighted by molar-refractivity contribution is -0.132. The number of hydrogen-bond acceptors (Lipinski definition) is 6. The van der Waals surface area contributed by atoms with Crippen LogP contribution in [0.25, 0.3) is 0 Å². The molecular weight excluding hydrogens is 290 g/mol. The molecule has 0 bridgehead atoms. The van der Waals surface area contributed by atoms with Crippen molar-refractivity contribution in [1.82, 2.24) is 4.90 Å². The first-order valence-electron chi connectivity index (χ1n) is 5.92. The highest BCUT2D eigenvalue weighted by molar-refractivity contribution is 7.85. The molecule has 0 atom stereocenters. The van der Waals surface area contributed by atoms with Crippen molar-refractivity contribution >= 4 is 16.1 Å². The molecule has 0 spiro atoms. The zero-order valence-electron chi connectivity index (χ0n) is 11.5. The molecule has 0 aromatic heterocycles. The Morgan fingerprint density at radius 3 is 1.80 bits per heavy atom. The molecule has 8 nitrogen and oxygen atoms in total. The van der Waals surface area contributed by atoms with Crippen LogP contribution in [0.15, 0.2) is 12.2 Å². The van der Waals surface area contributed by atoms with E-state index in [0.29, 0.717) is 26.1 Å². The molecule has 0 amide bonds. The summed E-state index contributed by atoms with van der Waals surface area (Å²) >= 11 is 0. The zero-order chi connectivity index (χ0) is 16.2. The van der Waals surface area contributed by atoms with Crippen molar-refractivity contribution in [2.75, 3.05) is 38.6 Å². The summed E-state index contributed by atoms with van der Waals surface area (Å²) in [6.45, 7) is 5.75. The van der Waals surface area contributed by atoms with Gasteiger partial charge in [-0.3, -0.25) is 9.45 Å². The Morgan fingerprint density at radius 2 is 1.55 bits per heavy atom. The molecule has 0 unspecified atom stereocenters. The van der Waals surface area contributed by atoms with Gasteiger partial charge in [0.15, 0.2) is 0 Å². The molecule has 0 heterocycles. The monoisotopic (exact) mass is 313 g/mol. The van der Waals surface area contributed by atoms with Gasteiger partial charge in [0.2, 0.25) is 0 Å². The summed E-state index contributed by atoms with van der Waals surface area (Å²) in [5, 5.41) is 25.2. The molecule has 0 aromatic rings. The number of aliphatic hydroxyl groups is 2. The number of aliphatic carboxylic acids is 1. The van der Waals surface area contributed by atoms with E-state index in [0.717, 1.165) is 0 Å². The Bertz CT molecular complexity index is 362. The number of carbonyl (C=O) groups is 1. The van der Waals surface area contributed by atoms with Gasteiger partial charge in [0.05, 0.1) is 19.0 Å². The van der Waals surface area contributed by atoms with Crippen LogP contribution in [0.2, 0.25) is 0 Å². The normalized spacial score (nSPS) is 10.8. The highest BCUT2D eigenvalue weighted by atomic mass is 32.2. The van der Waals surface area contributed by atoms with Crippen molar-refractivity contribution in [3.05, 3.63) is 12.2 Å². The molecule has 0 aromatic carbocycles. The zero-order valence-corrected chi connectivity index (χ0v) is 12.3. The fourth-order valence-corrected chi connectivity index (χ4v) is 1.58. The largest absolute Gasteiger partial charge is 0.478 e. The van der Waals surface area contributed by atoms with Crippen molar-refractivity contribution in [3.63, 3.8) is 0 Å². The number of carboxylic acid groups (broad SMARTS) is 1. The van der Waals surface area contributed by atoms with Gasteiger partial charge in [-0.15, -0.1) is 0 Å². The van der Waals surface area contributed by atoms with Crippen LogP contribution in [0.1, 0.15) is 13.3 Å². The van der Waals surface area contributed by atoms with E-state index in [1.54, 1.807) is 4.90 Å². The molecule has 0 saturated heterocycles. The van der Waals surface area contributed by atoms with Crippen LogP contribution in [-0.4, -0.2) is 77.8 Å². The SMILES string of the molecule is C=C(C)C(=O)O.O=S(=O)(O)CCCN(CCO)CCO. The van der Waals surface area contributed by atoms with Gasteiger partial charge in [-0.05, 0) is 19.9 Å². The van der Waals surface area contributed by atoms with E-state index < -0.39 is 16.1 Å². The maximum Gasteiger partial charge on any atom is 0.330 e. The molecule has 120 valence electrons. The lowest BCUT2D eigenvalue weighted by atomic mass is 10.4. The van der Waals surface area contributed by atoms with E-state index in [-0.39, 0.29) is 24.5 Å². The number of hydrogen-bond donors (Lipinski definition) is 4. The van der Waals surface area contributed by atoms with E-state index in [4.69, 9.17) is 19.9 Å². The molecule has 0 fully saturated rings. The van der Waals surface area contributed by atoms with E-state index in [1.165, 1.54) is 6.92 Å². The maximum atomic E-state index is 10.4. The van der Waals surface area contributed by atoms with Gasteiger partial charge in [-0.2, -0.15) is 8.42 Å². The topological polar surface area (TPSA) is 135 Å². The minimum absolute atomic E-state index is 0.0358. The van der Waals surface area contributed by atoms with Crippen LogP contribution in [0.5, 0.6) is 0 Å². The number of aliphatic hydroxyl groups excluding tert-OH is 2. The Labute approximate surface area is 119 Å². The highest BCUT2D eigenvalue weighted by Crippen LogP contribution is 1.94. The van der Waals surface area contributed by atoms with E-state index >= 15 is 0 Å².